The minimum absolute atomic E-state index is 0.131. The zero-order valence-corrected chi connectivity index (χ0v) is 14.1. The molecule has 1 aromatic rings. The first-order valence-electron chi connectivity index (χ1n) is 6.45. The van der Waals surface area contributed by atoms with Crippen molar-refractivity contribution in [2.75, 3.05) is 7.05 Å². The molecular weight excluding hydrogens is 319 g/mol. The molecular formula is C14H20Cl3N2O+. The van der Waals surface area contributed by atoms with Gasteiger partial charge >= 0.3 is 0 Å². The van der Waals surface area contributed by atoms with E-state index in [1.54, 1.807) is 13.8 Å². The molecule has 0 aliphatic rings. The number of carbonyl (C=O) groups is 1. The van der Waals surface area contributed by atoms with Crippen LogP contribution in [0.15, 0.2) is 30.3 Å². The Morgan fingerprint density at radius 1 is 1.25 bits per heavy atom. The topological polar surface area (TPSA) is 33.5 Å². The highest BCUT2D eigenvalue weighted by Crippen LogP contribution is 2.28. The Bertz CT molecular complexity index is 432. The second kappa shape index (κ2) is 7.51. The summed E-state index contributed by atoms with van der Waals surface area (Å²) in [6.07, 6.45) is -0.609. The summed E-state index contributed by atoms with van der Waals surface area (Å²) >= 11 is 18.0. The number of amides is 1. The van der Waals surface area contributed by atoms with Crippen LogP contribution in [0.2, 0.25) is 0 Å². The van der Waals surface area contributed by atoms with E-state index in [0.29, 0.717) is 6.54 Å². The maximum atomic E-state index is 11.9. The van der Waals surface area contributed by atoms with Crippen LogP contribution in [0.1, 0.15) is 19.4 Å². The minimum Gasteiger partial charge on any atom is -0.310 e. The number of carbonyl (C=O) groups excluding carboxylic acids is 1. The van der Waals surface area contributed by atoms with Crippen molar-refractivity contribution < 1.29 is 9.69 Å². The van der Waals surface area contributed by atoms with Crippen LogP contribution in [0, 0.1) is 5.92 Å². The fraction of sp³-hybridized carbons (Fsp3) is 0.500. The van der Waals surface area contributed by atoms with E-state index in [4.69, 9.17) is 34.8 Å². The second-order valence-electron chi connectivity index (χ2n) is 5.15. The summed E-state index contributed by atoms with van der Waals surface area (Å²) in [5, 5.41) is 2.80. The molecule has 0 bridgehead atoms. The molecule has 0 aromatic heterocycles. The molecule has 0 heterocycles. The first-order valence-corrected chi connectivity index (χ1v) is 7.58. The molecule has 2 unspecified atom stereocenters. The maximum Gasteiger partial charge on any atom is 0.262 e. The van der Waals surface area contributed by atoms with Crippen molar-refractivity contribution in [2.24, 2.45) is 5.92 Å². The quantitative estimate of drug-likeness (QED) is 0.626. The van der Waals surface area contributed by atoms with Crippen molar-refractivity contribution in [3.05, 3.63) is 35.9 Å². The monoisotopic (exact) mass is 337 g/mol. The molecule has 1 amide bonds. The molecule has 0 fully saturated rings. The number of halogens is 3. The fourth-order valence-electron chi connectivity index (χ4n) is 1.81. The van der Waals surface area contributed by atoms with Gasteiger partial charge in [-0.05, 0) is 0 Å². The standard InChI is InChI=1S/C14H19Cl3N2O/c1-10(2)12(20)18-13(14(15,16)17)19(3)9-11-7-5-4-6-8-11/h4-8,10,13H,9H2,1-3H3,(H,18,20)/p+1. The van der Waals surface area contributed by atoms with E-state index in [9.17, 15) is 4.79 Å². The third-order valence-corrected chi connectivity index (χ3v) is 3.61. The second-order valence-corrected chi connectivity index (χ2v) is 7.52. The Labute approximate surface area is 135 Å². The molecule has 0 aliphatic heterocycles. The van der Waals surface area contributed by atoms with Crippen LogP contribution in [-0.2, 0) is 11.3 Å². The average molecular weight is 339 g/mol. The minimum atomic E-state index is -1.57. The van der Waals surface area contributed by atoms with Crippen LogP contribution < -0.4 is 10.2 Å². The lowest BCUT2D eigenvalue weighted by atomic mass is 10.2. The molecule has 0 saturated heterocycles. The van der Waals surface area contributed by atoms with Crippen LogP contribution in [0.4, 0.5) is 0 Å². The largest absolute Gasteiger partial charge is 0.310 e. The highest BCUT2D eigenvalue weighted by atomic mass is 35.6. The first kappa shape index (κ1) is 17.6. The normalized spacial score (nSPS) is 14.9. The summed E-state index contributed by atoms with van der Waals surface area (Å²) < 4.78 is -1.57. The van der Waals surface area contributed by atoms with Crippen LogP contribution in [-0.4, -0.2) is 22.9 Å². The summed E-state index contributed by atoms with van der Waals surface area (Å²) in [6.45, 7) is 4.26. The predicted octanol–water partition coefficient (Wildman–Crippen LogP) is 2.17. The zero-order chi connectivity index (χ0) is 15.3. The van der Waals surface area contributed by atoms with Crippen molar-refractivity contribution in [1.82, 2.24) is 5.32 Å². The van der Waals surface area contributed by atoms with Gasteiger partial charge in [-0.2, -0.15) is 0 Å². The van der Waals surface area contributed by atoms with E-state index >= 15 is 0 Å². The molecule has 0 aliphatic carbocycles. The highest BCUT2D eigenvalue weighted by Gasteiger charge is 2.40. The fourth-order valence-corrected chi connectivity index (χ4v) is 2.54. The van der Waals surface area contributed by atoms with Crippen LogP contribution in [0.25, 0.3) is 0 Å². The summed E-state index contributed by atoms with van der Waals surface area (Å²) in [6, 6.07) is 9.87. The third kappa shape index (κ3) is 5.49. The molecule has 0 spiro atoms. The Hall–Kier alpha value is -0.480. The van der Waals surface area contributed by atoms with Crippen molar-refractivity contribution in [3.8, 4) is 0 Å². The number of quaternary nitrogens is 1. The van der Waals surface area contributed by atoms with Crippen LogP contribution in [0.5, 0.6) is 0 Å². The number of hydrogen-bond acceptors (Lipinski definition) is 1. The molecule has 0 saturated carbocycles. The Balaban J connectivity index is 2.80. The Kier molecular flexibility index (Phi) is 6.59. The number of nitrogens with one attached hydrogen (secondary N) is 2. The van der Waals surface area contributed by atoms with Gasteiger partial charge in [0, 0.05) is 11.5 Å². The van der Waals surface area contributed by atoms with Gasteiger partial charge < -0.3 is 10.2 Å². The molecule has 2 N–H and O–H groups in total. The van der Waals surface area contributed by atoms with Gasteiger partial charge in [0.25, 0.3) is 3.79 Å². The average Bonchev–Trinajstić information content (AvgIpc) is 2.35. The molecule has 3 nitrogen and oxygen atoms in total. The Morgan fingerprint density at radius 2 is 1.80 bits per heavy atom. The molecule has 1 rings (SSSR count). The molecule has 1 aromatic carbocycles. The van der Waals surface area contributed by atoms with Crippen molar-refractivity contribution in [1.29, 1.82) is 0 Å². The summed E-state index contributed by atoms with van der Waals surface area (Å²) in [5.74, 6) is -0.289. The van der Waals surface area contributed by atoms with Gasteiger partial charge in [0.1, 0.15) is 6.54 Å². The van der Waals surface area contributed by atoms with E-state index in [2.05, 4.69) is 5.32 Å². The number of alkyl halides is 3. The van der Waals surface area contributed by atoms with E-state index in [1.807, 2.05) is 37.4 Å². The third-order valence-electron chi connectivity index (χ3n) is 2.96. The lowest BCUT2D eigenvalue weighted by Crippen LogP contribution is -3.15. The van der Waals surface area contributed by atoms with Gasteiger partial charge in [-0.25, -0.2) is 0 Å². The van der Waals surface area contributed by atoms with Gasteiger partial charge in [0.2, 0.25) is 12.1 Å². The van der Waals surface area contributed by atoms with Gasteiger partial charge in [-0.1, -0.05) is 79.0 Å². The molecule has 112 valence electrons. The first-order chi connectivity index (χ1) is 9.21. The van der Waals surface area contributed by atoms with Crippen molar-refractivity contribution in [3.63, 3.8) is 0 Å². The van der Waals surface area contributed by atoms with Gasteiger partial charge in [0.15, 0.2) is 0 Å². The number of rotatable bonds is 5. The summed E-state index contributed by atoms with van der Waals surface area (Å²) in [5.41, 5.74) is 1.11. The van der Waals surface area contributed by atoms with Crippen LogP contribution in [0.3, 0.4) is 0 Å². The zero-order valence-electron chi connectivity index (χ0n) is 11.8. The van der Waals surface area contributed by atoms with Gasteiger partial charge in [-0.15, -0.1) is 0 Å². The van der Waals surface area contributed by atoms with E-state index in [1.165, 1.54) is 0 Å². The van der Waals surface area contributed by atoms with Crippen LogP contribution >= 0.6 is 34.8 Å². The summed E-state index contributed by atoms with van der Waals surface area (Å²) in [7, 11) is 1.89. The van der Waals surface area contributed by atoms with Gasteiger partial charge in [-0.3, -0.25) is 4.79 Å². The van der Waals surface area contributed by atoms with Gasteiger partial charge in [0.05, 0.1) is 7.05 Å². The molecule has 6 heteroatoms. The number of hydrogen-bond donors (Lipinski definition) is 2. The summed E-state index contributed by atoms with van der Waals surface area (Å²) in [4.78, 5) is 12.8. The lowest BCUT2D eigenvalue weighted by molar-refractivity contribution is -0.921. The van der Waals surface area contributed by atoms with E-state index in [0.717, 1.165) is 10.5 Å². The van der Waals surface area contributed by atoms with Crippen molar-refractivity contribution in [2.45, 2.75) is 30.4 Å². The number of benzene rings is 1. The maximum absolute atomic E-state index is 11.9. The highest BCUT2D eigenvalue weighted by molar-refractivity contribution is 6.68. The molecule has 0 radical (unpaired) electrons. The smallest absolute Gasteiger partial charge is 0.262 e. The predicted molar refractivity (Wildman–Crippen MR) is 84.1 cm³/mol. The SMILES string of the molecule is CC(C)C(=O)NC([NH+](C)Cc1ccccc1)C(Cl)(Cl)Cl. The Morgan fingerprint density at radius 3 is 2.25 bits per heavy atom. The van der Waals surface area contributed by atoms with E-state index < -0.39 is 9.96 Å². The molecule has 20 heavy (non-hydrogen) atoms. The van der Waals surface area contributed by atoms with Crippen molar-refractivity contribution >= 4 is 40.7 Å². The van der Waals surface area contributed by atoms with E-state index in [-0.39, 0.29) is 11.8 Å². The molecule has 2 atom stereocenters. The lowest BCUT2D eigenvalue weighted by Gasteiger charge is -2.31.